The molecule has 0 aliphatic carbocycles. The third-order valence-electron chi connectivity index (χ3n) is 3.29. The number of hydrogen-bond acceptors (Lipinski definition) is 4. The minimum absolute atomic E-state index is 0.0292. The number of hydrogen-bond donors (Lipinski definition) is 1. The van der Waals surface area contributed by atoms with Crippen LogP contribution in [0.1, 0.15) is 11.3 Å². The monoisotopic (exact) mass is 342 g/mol. The van der Waals surface area contributed by atoms with Gasteiger partial charge in [0.15, 0.2) is 0 Å². The normalized spacial score (nSPS) is 11.7. The summed E-state index contributed by atoms with van der Waals surface area (Å²) in [7, 11) is 1.80. The van der Waals surface area contributed by atoms with Gasteiger partial charge in [0, 0.05) is 33.4 Å². The number of nitrogens with zero attached hydrogens (tertiary/aromatic N) is 3. The van der Waals surface area contributed by atoms with Crippen molar-refractivity contribution in [3.63, 3.8) is 0 Å². The predicted octanol–water partition coefficient (Wildman–Crippen LogP) is 1.93. The number of aryl methyl sites for hydroxylation is 2. The summed E-state index contributed by atoms with van der Waals surface area (Å²) in [5.74, 6) is 0. The van der Waals surface area contributed by atoms with E-state index in [1.54, 1.807) is 14.0 Å². The van der Waals surface area contributed by atoms with Crippen LogP contribution in [0.3, 0.4) is 0 Å². The molecule has 0 aliphatic rings. The second-order valence-corrected chi connectivity index (χ2v) is 7.28. The summed E-state index contributed by atoms with van der Waals surface area (Å²) in [5.41, 5.74) is 2.30. The van der Waals surface area contributed by atoms with E-state index in [0.717, 1.165) is 11.3 Å². The van der Waals surface area contributed by atoms with E-state index in [4.69, 9.17) is 11.6 Å². The van der Waals surface area contributed by atoms with Gasteiger partial charge in [-0.25, -0.2) is 13.1 Å². The van der Waals surface area contributed by atoms with Gasteiger partial charge in [-0.05, 0) is 24.6 Å². The van der Waals surface area contributed by atoms with E-state index in [9.17, 15) is 8.42 Å². The molecule has 2 aromatic rings. The number of benzene rings is 1. The maximum atomic E-state index is 12.4. The molecular formula is C14H19ClN4O2S. The molecule has 1 aromatic carbocycles. The summed E-state index contributed by atoms with van der Waals surface area (Å²) in [6.07, 6.45) is 0. The second-order valence-electron chi connectivity index (χ2n) is 5.21. The fourth-order valence-corrected chi connectivity index (χ4v) is 3.84. The number of aromatic nitrogens is 2. The number of nitrogens with one attached hydrogen (secondary N) is 1. The topological polar surface area (TPSA) is 67.2 Å². The van der Waals surface area contributed by atoms with E-state index < -0.39 is 10.0 Å². The Hall–Kier alpha value is -1.57. The zero-order chi connectivity index (χ0) is 16.5. The predicted molar refractivity (Wildman–Crippen MR) is 87.7 cm³/mol. The van der Waals surface area contributed by atoms with Crippen molar-refractivity contribution in [2.75, 3.05) is 19.0 Å². The minimum Gasteiger partial charge on any atom is -0.378 e. The largest absolute Gasteiger partial charge is 0.378 e. The molecule has 0 fully saturated rings. The molecule has 0 amide bonds. The number of sulfonamides is 1. The lowest BCUT2D eigenvalue weighted by atomic mass is 10.2. The third-order valence-corrected chi connectivity index (χ3v) is 5.38. The molecule has 0 unspecified atom stereocenters. The van der Waals surface area contributed by atoms with Gasteiger partial charge in [0.2, 0.25) is 10.0 Å². The number of halogens is 1. The first-order chi connectivity index (χ1) is 10.2. The molecule has 22 heavy (non-hydrogen) atoms. The third kappa shape index (κ3) is 3.43. The first-order valence-corrected chi connectivity index (χ1v) is 8.53. The van der Waals surface area contributed by atoms with Gasteiger partial charge in [-0.2, -0.15) is 5.10 Å². The average molecular weight is 343 g/mol. The van der Waals surface area contributed by atoms with Crippen LogP contribution in [-0.2, 0) is 23.6 Å². The Labute approximate surface area is 135 Å². The quantitative estimate of drug-likeness (QED) is 0.901. The van der Waals surface area contributed by atoms with Crippen LogP contribution < -0.4 is 9.62 Å². The van der Waals surface area contributed by atoms with Crippen LogP contribution in [0.5, 0.6) is 0 Å². The molecule has 1 aromatic heterocycles. The number of rotatable bonds is 5. The molecule has 1 heterocycles. The van der Waals surface area contributed by atoms with Gasteiger partial charge >= 0.3 is 0 Å². The van der Waals surface area contributed by atoms with Gasteiger partial charge in [-0.15, -0.1) is 0 Å². The highest BCUT2D eigenvalue weighted by atomic mass is 35.5. The molecule has 0 atom stereocenters. The Bertz CT molecular complexity index is 767. The van der Waals surface area contributed by atoms with Gasteiger partial charge in [0.25, 0.3) is 0 Å². The Morgan fingerprint density at radius 3 is 2.32 bits per heavy atom. The zero-order valence-corrected chi connectivity index (χ0v) is 14.5. The smallest absolute Gasteiger partial charge is 0.245 e. The zero-order valence-electron chi connectivity index (χ0n) is 13.0. The van der Waals surface area contributed by atoms with E-state index in [1.165, 1.54) is 4.68 Å². The second kappa shape index (κ2) is 6.28. The van der Waals surface area contributed by atoms with Crippen LogP contribution >= 0.6 is 11.6 Å². The Morgan fingerprint density at radius 2 is 1.86 bits per heavy atom. The van der Waals surface area contributed by atoms with Crippen LogP contribution in [0.15, 0.2) is 29.2 Å². The maximum absolute atomic E-state index is 12.4. The van der Waals surface area contributed by atoms with Crippen LogP contribution in [0.25, 0.3) is 0 Å². The Balaban J connectivity index is 2.16. The first kappa shape index (κ1) is 16.8. The molecule has 0 bridgehead atoms. The van der Waals surface area contributed by atoms with E-state index in [1.807, 2.05) is 43.3 Å². The van der Waals surface area contributed by atoms with Crippen molar-refractivity contribution in [1.29, 1.82) is 0 Å². The standard InChI is InChI=1S/C14H19ClN4O2S/c1-10-13(14(15)19(4)17-10)22(20,21)16-9-11-5-7-12(8-6-11)18(2)3/h5-8,16H,9H2,1-4H3. The molecule has 120 valence electrons. The van der Waals surface area contributed by atoms with Crippen LogP contribution in [-0.4, -0.2) is 32.3 Å². The van der Waals surface area contributed by atoms with E-state index in [0.29, 0.717) is 5.69 Å². The van der Waals surface area contributed by atoms with Crippen molar-refractivity contribution >= 4 is 27.3 Å². The Kier molecular flexibility index (Phi) is 4.79. The van der Waals surface area contributed by atoms with E-state index in [-0.39, 0.29) is 16.6 Å². The van der Waals surface area contributed by atoms with E-state index in [2.05, 4.69) is 9.82 Å². The number of anilines is 1. The van der Waals surface area contributed by atoms with Crippen molar-refractivity contribution in [2.24, 2.45) is 7.05 Å². The molecule has 0 spiro atoms. The van der Waals surface area contributed by atoms with Crippen molar-refractivity contribution in [3.05, 3.63) is 40.7 Å². The van der Waals surface area contributed by atoms with Gasteiger partial charge in [0.05, 0.1) is 5.69 Å². The summed E-state index contributed by atoms with van der Waals surface area (Å²) in [5, 5.41) is 4.13. The molecule has 0 aliphatic heterocycles. The van der Waals surface area contributed by atoms with Crippen LogP contribution in [0.2, 0.25) is 5.15 Å². The van der Waals surface area contributed by atoms with Gasteiger partial charge in [-0.1, -0.05) is 23.7 Å². The fourth-order valence-electron chi connectivity index (χ4n) is 2.08. The summed E-state index contributed by atoms with van der Waals surface area (Å²) in [4.78, 5) is 2.01. The molecule has 0 saturated carbocycles. The molecular weight excluding hydrogens is 324 g/mol. The highest BCUT2D eigenvalue weighted by Gasteiger charge is 2.24. The van der Waals surface area contributed by atoms with Crippen LogP contribution in [0, 0.1) is 6.92 Å². The average Bonchev–Trinajstić information content (AvgIpc) is 2.71. The Morgan fingerprint density at radius 1 is 1.27 bits per heavy atom. The summed E-state index contributed by atoms with van der Waals surface area (Å²) < 4.78 is 28.7. The van der Waals surface area contributed by atoms with Gasteiger partial charge in [0.1, 0.15) is 10.0 Å². The summed E-state index contributed by atoms with van der Waals surface area (Å²) in [6.45, 7) is 1.81. The lowest BCUT2D eigenvalue weighted by molar-refractivity contribution is 0.580. The van der Waals surface area contributed by atoms with Crippen molar-refractivity contribution in [3.8, 4) is 0 Å². The molecule has 0 saturated heterocycles. The maximum Gasteiger partial charge on any atom is 0.245 e. The van der Waals surface area contributed by atoms with Crippen molar-refractivity contribution in [1.82, 2.24) is 14.5 Å². The van der Waals surface area contributed by atoms with E-state index >= 15 is 0 Å². The van der Waals surface area contributed by atoms with Crippen molar-refractivity contribution in [2.45, 2.75) is 18.4 Å². The SMILES string of the molecule is Cc1nn(C)c(Cl)c1S(=O)(=O)NCc1ccc(N(C)C)cc1. The van der Waals surface area contributed by atoms with Gasteiger partial charge < -0.3 is 4.90 Å². The summed E-state index contributed by atoms with van der Waals surface area (Å²) >= 11 is 6.01. The fraction of sp³-hybridized carbons (Fsp3) is 0.357. The lowest BCUT2D eigenvalue weighted by Crippen LogP contribution is -2.24. The molecule has 2 rings (SSSR count). The van der Waals surface area contributed by atoms with Crippen molar-refractivity contribution < 1.29 is 8.42 Å². The molecule has 1 N–H and O–H groups in total. The van der Waals surface area contributed by atoms with Crippen LogP contribution in [0.4, 0.5) is 5.69 Å². The highest BCUT2D eigenvalue weighted by molar-refractivity contribution is 7.89. The minimum atomic E-state index is -3.70. The molecule has 8 heteroatoms. The van der Waals surface area contributed by atoms with Gasteiger partial charge in [-0.3, -0.25) is 4.68 Å². The molecule has 6 nitrogen and oxygen atoms in total. The lowest BCUT2D eigenvalue weighted by Gasteiger charge is -2.13. The summed E-state index contributed by atoms with van der Waals surface area (Å²) in [6, 6.07) is 7.64. The molecule has 0 radical (unpaired) electrons. The first-order valence-electron chi connectivity index (χ1n) is 6.67. The highest BCUT2D eigenvalue weighted by Crippen LogP contribution is 2.24.